The normalized spacial score (nSPS) is 51.8. The number of aliphatic hydroxyl groups excluding tert-OH is 1. The average molecular weight is 557 g/mol. The van der Waals surface area contributed by atoms with Gasteiger partial charge in [-0.15, -0.1) is 0 Å². The molecular weight excluding hydrogens is 507 g/mol. The molecule has 5 fully saturated rings. The molecule has 0 aliphatic heterocycles. The van der Waals surface area contributed by atoms with E-state index in [-0.39, 0.29) is 11.5 Å². The summed E-state index contributed by atoms with van der Waals surface area (Å²) in [6.45, 7) is 14.5. The first-order chi connectivity index (χ1) is 15.0. The summed E-state index contributed by atoms with van der Waals surface area (Å²) in [7, 11) is 0. The highest BCUT2D eigenvalue weighted by Gasteiger charge is 2.74. The van der Waals surface area contributed by atoms with Crippen molar-refractivity contribution in [1.82, 2.24) is 0 Å². The number of aliphatic hydroxyl groups is 1. The smallest absolute Gasteiger partial charge is 0.110 e. The molecule has 0 bridgehead atoms. The Morgan fingerprint density at radius 2 is 1.69 bits per heavy atom. The minimum atomic E-state index is -0.173. The molecule has 3 heteroatoms. The van der Waals surface area contributed by atoms with Gasteiger partial charge < -0.3 is 8.17 Å². The molecule has 0 saturated heterocycles. The van der Waals surface area contributed by atoms with Crippen molar-refractivity contribution in [2.75, 3.05) is 0 Å². The van der Waals surface area contributed by atoms with Crippen LogP contribution >= 0.6 is 23.0 Å². The maximum absolute atomic E-state index is 10.6. The molecule has 1 unspecified atom stereocenters. The van der Waals surface area contributed by atoms with E-state index < -0.39 is 0 Å². The fourth-order valence-corrected chi connectivity index (χ4v) is 11.1. The molecule has 0 aromatic heterocycles. The Kier molecular flexibility index (Phi) is 6.15. The Morgan fingerprint density at radius 3 is 2.38 bits per heavy atom. The van der Waals surface area contributed by atoms with Gasteiger partial charge in [0.1, 0.15) is 23.0 Å². The van der Waals surface area contributed by atoms with E-state index >= 15 is 0 Å². The highest BCUT2D eigenvalue weighted by atomic mass is 127. The Hall–Kier alpha value is 0.650. The molecule has 5 aliphatic rings. The predicted octanol–water partition coefficient (Wildman–Crippen LogP) is 8.20. The van der Waals surface area contributed by atoms with E-state index in [2.05, 4.69) is 64.5 Å². The minimum Gasteiger partial charge on any atom is -0.393 e. The topological polar surface area (TPSA) is 29.5 Å². The van der Waals surface area contributed by atoms with Gasteiger partial charge in [-0.2, -0.15) is 0 Å². The Labute approximate surface area is 212 Å². The first-order valence-electron chi connectivity index (χ1n) is 13.9. The van der Waals surface area contributed by atoms with Crippen LogP contribution < -0.4 is 0 Å². The van der Waals surface area contributed by atoms with E-state index in [1.807, 2.05) is 0 Å². The molecule has 5 rings (SSSR count). The quantitative estimate of drug-likeness (QED) is 0.346. The van der Waals surface area contributed by atoms with Crippen molar-refractivity contribution in [1.29, 1.82) is 0 Å². The van der Waals surface area contributed by atoms with Crippen molar-refractivity contribution in [3.05, 3.63) is 0 Å². The number of halogens is 1. The van der Waals surface area contributed by atoms with Crippen molar-refractivity contribution < 1.29 is 8.17 Å². The van der Waals surface area contributed by atoms with Crippen LogP contribution in [-0.2, 0) is 3.07 Å². The van der Waals surface area contributed by atoms with E-state index in [1.165, 1.54) is 64.2 Å². The second kappa shape index (κ2) is 8.08. The third kappa shape index (κ3) is 3.43. The molecule has 0 amide bonds. The highest BCUT2D eigenvalue weighted by Crippen LogP contribution is 2.80. The van der Waals surface area contributed by atoms with Gasteiger partial charge in [-0.1, -0.05) is 41.5 Å². The van der Waals surface area contributed by atoms with Crippen LogP contribution in [-0.4, -0.2) is 17.3 Å². The first kappa shape index (κ1) is 24.3. The Morgan fingerprint density at radius 1 is 0.938 bits per heavy atom. The van der Waals surface area contributed by atoms with Gasteiger partial charge in [0.15, 0.2) is 0 Å². The van der Waals surface area contributed by atoms with Crippen molar-refractivity contribution in [3.63, 3.8) is 0 Å². The number of hydrogen-bond acceptors (Lipinski definition) is 2. The van der Waals surface area contributed by atoms with E-state index in [4.69, 9.17) is 3.07 Å². The summed E-state index contributed by atoms with van der Waals surface area (Å²) in [6.07, 6.45) is 15.5. The molecule has 184 valence electrons. The van der Waals surface area contributed by atoms with Crippen LogP contribution in [0.25, 0.3) is 0 Å². The summed E-state index contributed by atoms with van der Waals surface area (Å²) in [5.74, 6) is 5.35. The summed E-state index contributed by atoms with van der Waals surface area (Å²) < 4.78 is 5.91. The van der Waals surface area contributed by atoms with Crippen LogP contribution in [0.5, 0.6) is 0 Å². The van der Waals surface area contributed by atoms with Crippen molar-refractivity contribution in [3.8, 4) is 0 Å². The van der Waals surface area contributed by atoms with Gasteiger partial charge in [-0.05, 0) is 128 Å². The summed E-state index contributed by atoms with van der Waals surface area (Å²) >= 11 is 2.18. The lowest BCUT2D eigenvalue weighted by atomic mass is 9.43. The fourth-order valence-electron chi connectivity index (χ4n) is 10.5. The van der Waals surface area contributed by atoms with Gasteiger partial charge in [0, 0.05) is 0 Å². The molecule has 5 saturated carbocycles. The molecule has 1 spiro atoms. The van der Waals surface area contributed by atoms with Crippen LogP contribution in [0.1, 0.15) is 112 Å². The average Bonchev–Trinajstić information content (AvgIpc) is 3.37. The molecule has 0 aromatic rings. The predicted molar refractivity (Wildman–Crippen MR) is 140 cm³/mol. The zero-order valence-electron chi connectivity index (χ0n) is 21.6. The largest absolute Gasteiger partial charge is 0.393 e. The maximum atomic E-state index is 10.6. The first-order valence-corrected chi connectivity index (χ1v) is 14.8. The summed E-state index contributed by atoms with van der Waals surface area (Å²) in [5.41, 5.74) is 1.76. The lowest BCUT2D eigenvalue weighted by Crippen LogP contribution is -2.55. The second-order valence-electron chi connectivity index (χ2n) is 14.6. The molecule has 0 radical (unpaired) electrons. The van der Waals surface area contributed by atoms with Crippen LogP contribution in [0.3, 0.4) is 0 Å². The lowest BCUT2D eigenvalue weighted by Gasteiger charge is -2.62. The standard InChI is InChI=1S/C29H49IO2/c1-18(7-10-25(31)26(2,3)4)20-8-9-21-19-11-16-29-17-23(29)24(32-30)13-15-28(29,6)22(19)12-14-27(20,21)5/h18-25,31H,7-17H2,1-6H3/t18-,19+,20-,21+,22+,23+,24+,25+,27-,28-,29?/m1/s1. The molecule has 1 N–H and O–H groups in total. The van der Waals surface area contributed by atoms with Gasteiger partial charge in [-0.25, -0.2) is 0 Å². The van der Waals surface area contributed by atoms with Crippen LogP contribution in [0.4, 0.5) is 0 Å². The SMILES string of the molecule is C[C@H](CC[C@H](O)C(C)(C)C)[C@H]1CC[C@H]2[C@@H]3CCC45C[C@H]4[C@@H](OI)CC[C@]5(C)[C@H]3CC[C@]12C. The summed E-state index contributed by atoms with van der Waals surface area (Å²) in [5, 5.41) is 10.6. The molecule has 0 aromatic carbocycles. The van der Waals surface area contributed by atoms with Gasteiger partial charge in [0.25, 0.3) is 0 Å². The number of rotatable bonds is 5. The molecular formula is C29H49IO2. The maximum Gasteiger partial charge on any atom is 0.110 e. The van der Waals surface area contributed by atoms with E-state index in [1.54, 1.807) is 0 Å². The van der Waals surface area contributed by atoms with Gasteiger partial charge in [-0.3, -0.25) is 0 Å². The lowest BCUT2D eigenvalue weighted by molar-refractivity contribution is -0.134. The van der Waals surface area contributed by atoms with E-state index in [0.717, 1.165) is 41.9 Å². The van der Waals surface area contributed by atoms with Gasteiger partial charge in [0.05, 0.1) is 12.2 Å². The third-order valence-electron chi connectivity index (χ3n) is 12.6. The minimum absolute atomic E-state index is 0.00933. The van der Waals surface area contributed by atoms with Crippen molar-refractivity contribution in [2.24, 2.45) is 57.2 Å². The molecule has 0 heterocycles. The van der Waals surface area contributed by atoms with Crippen LogP contribution in [0.15, 0.2) is 0 Å². The molecule has 11 atom stereocenters. The van der Waals surface area contributed by atoms with Crippen LogP contribution in [0, 0.1) is 57.2 Å². The summed E-state index contributed by atoms with van der Waals surface area (Å²) in [4.78, 5) is 0. The Balaban J connectivity index is 1.29. The molecule has 2 nitrogen and oxygen atoms in total. The van der Waals surface area contributed by atoms with E-state index in [0.29, 0.717) is 22.3 Å². The van der Waals surface area contributed by atoms with Gasteiger partial charge >= 0.3 is 0 Å². The molecule has 5 aliphatic carbocycles. The van der Waals surface area contributed by atoms with E-state index in [9.17, 15) is 5.11 Å². The Bertz CT molecular complexity index is 716. The third-order valence-corrected chi connectivity index (χ3v) is 13.3. The number of hydrogen-bond donors (Lipinski definition) is 1. The second-order valence-corrected chi connectivity index (χ2v) is 15.1. The zero-order chi connectivity index (χ0) is 23.1. The molecule has 32 heavy (non-hydrogen) atoms. The van der Waals surface area contributed by atoms with Gasteiger partial charge in [0.2, 0.25) is 0 Å². The van der Waals surface area contributed by atoms with Crippen LogP contribution in [0.2, 0.25) is 0 Å². The van der Waals surface area contributed by atoms with Crippen molar-refractivity contribution in [2.45, 2.75) is 124 Å². The number of fused-ring (bicyclic) bond motifs is 4. The highest BCUT2D eigenvalue weighted by molar-refractivity contribution is 14.1. The summed E-state index contributed by atoms with van der Waals surface area (Å²) in [6, 6.07) is 0. The zero-order valence-corrected chi connectivity index (χ0v) is 23.8. The fraction of sp³-hybridized carbons (Fsp3) is 1.00. The monoisotopic (exact) mass is 556 g/mol. The van der Waals surface area contributed by atoms with Crippen molar-refractivity contribution >= 4 is 23.0 Å².